The monoisotopic (exact) mass is 235 g/mol. The molecule has 0 heterocycles. The van der Waals surface area contributed by atoms with Crippen LogP contribution >= 0.6 is 12.4 Å². The molecule has 1 aliphatic carbocycles. The highest BCUT2D eigenvalue weighted by Crippen LogP contribution is 2.21. The summed E-state index contributed by atoms with van der Waals surface area (Å²) in [6.07, 6.45) is 5.24. The molecule has 3 nitrogen and oxygen atoms in total. The Morgan fingerprint density at radius 3 is 2.40 bits per heavy atom. The summed E-state index contributed by atoms with van der Waals surface area (Å²) in [5.74, 6) is 0.228. The van der Waals surface area contributed by atoms with Crippen LogP contribution in [0.5, 0.6) is 0 Å². The summed E-state index contributed by atoms with van der Waals surface area (Å²) in [7, 11) is 0. The van der Waals surface area contributed by atoms with E-state index >= 15 is 0 Å². The molecule has 1 atom stereocenters. The summed E-state index contributed by atoms with van der Waals surface area (Å²) in [4.78, 5) is 11.5. The van der Waals surface area contributed by atoms with Gasteiger partial charge in [-0.1, -0.05) is 13.8 Å². The first-order valence-corrected chi connectivity index (χ1v) is 5.55. The Morgan fingerprint density at radius 1 is 1.40 bits per heavy atom. The highest BCUT2D eigenvalue weighted by atomic mass is 35.5. The quantitative estimate of drug-likeness (QED) is 0.761. The van der Waals surface area contributed by atoms with Crippen LogP contribution in [0.1, 0.15) is 46.0 Å². The van der Waals surface area contributed by atoms with E-state index in [1.165, 1.54) is 12.8 Å². The van der Waals surface area contributed by atoms with Gasteiger partial charge < -0.3 is 10.5 Å². The second-order valence-corrected chi connectivity index (χ2v) is 4.58. The molecule has 0 aromatic carbocycles. The van der Waals surface area contributed by atoms with Gasteiger partial charge in [0, 0.05) is 0 Å². The van der Waals surface area contributed by atoms with E-state index in [1.54, 1.807) is 0 Å². The van der Waals surface area contributed by atoms with Gasteiger partial charge in [-0.25, -0.2) is 0 Å². The lowest BCUT2D eigenvalue weighted by Crippen LogP contribution is -2.35. The molecule has 1 fully saturated rings. The molecule has 0 aromatic heterocycles. The van der Waals surface area contributed by atoms with Crippen molar-refractivity contribution in [2.75, 3.05) is 0 Å². The molecule has 0 spiro atoms. The maximum atomic E-state index is 11.5. The number of halogens is 1. The Bertz CT molecular complexity index is 191. The third-order valence-electron chi connectivity index (χ3n) is 2.61. The van der Waals surface area contributed by atoms with Crippen LogP contribution in [0, 0.1) is 5.92 Å². The first kappa shape index (κ1) is 14.7. The van der Waals surface area contributed by atoms with Gasteiger partial charge in [0.1, 0.15) is 12.1 Å². The molecule has 0 aliphatic heterocycles. The van der Waals surface area contributed by atoms with Gasteiger partial charge in [-0.15, -0.1) is 12.4 Å². The predicted molar refractivity (Wildman–Crippen MR) is 63.0 cm³/mol. The first-order chi connectivity index (χ1) is 6.59. The number of carbonyl (C=O) groups excluding carboxylic acids is 1. The van der Waals surface area contributed by atoms with Gasteiger partial charge in [-0.05, 0) is 38.0 Å². The van der Waals surface area contributed by atoms with Crippen molar-refractivity contribution in [3.8, 4) is 0 Å². The lowest BCUT2D eigenvalue weighted by molar-refractivity contribution is -0.150. The van der Waals surface area contributed by atoms with E-state index in [-0.39, 0.29) is 24.5 Å². The van der Waals surface area contributed by atoms with Crippen LogP contribution in [0.2, 0.25) is 0 Å². The highest BCUT2D eigenvalue weighted by molar-refractivity contribution is 5.85. The van der Waals surface area contributed by atoms with Gasteiger partial charge in [0.05, 0.1) is 0 Å². The fourth-order valence-electron chi connectivity index (χ4n) is 1.86. The van der Waals surface area contributed by atoms with E-state index in [1.807, 2.05) is 0 Å². The van der Waals surface area contributed by atoms with Crippen molar-refractivity contribution in [1.29, 1.82) is 0 Å². The standard InChI is InChI=1S/C11H21NO2.ClH/c1-8(2)7-10(12)11(13)14-9-5-3-4-6-9;/h8-10H,3-7,12H2,1-2H3;1H. The zero-order chi connectivity index (χ0) is 10.6. The number of hydrogen-bond donors (Lipinski definition) is 1. The van der Waals surface area contributed by atoms with Crippen molar-refractivity contribution in [2.24, 2.45) is 11.7 Å². The van der Waals surface area contributed by atoms with E-state index in [0.717, 1.165) is 12.8 Å². The SMILES string of the molecule is CC(C)CC(N)C(=O)OC1CCCC1.Cl. The number of hydrogen-bond acceptors (Lipinski definition) is 3. The second-order valence-electron chi connectivity index (χ2n) is 4.58. The van der Waals surface area contributed by atoms with E-state index in [4.69, 9.17) is 10.5 Å². The molecule has 0 aromatic rings. The zero-order valence-corrected chi connectivity index (χ0v) is 10.4. The van der Waals surface area contributed by atoms with Gasteiger partial charge in [-0.2, -0.15) is 0 Å². The van der Waals surface area contributed by atoms with Crippen molar-refractivity contribution in [3.05, 3.63) is 0 Å². The molecule has 0 bridgehead atoms. The average Bonchev–Trinajstić information content (AvgIpc) is 2.55. The number of rotatable bonds is 4. The molecule has 1 saturated carbocycles. The van der Waals surface area contributed by atoms with E-state index in [9.17, 15) is 4.79 Å². The van der Waals surface area contributed by atoms with Gasteiger partial charge in [-0.3, -0.25) is 4.79 Å². The number of esters is 1. The minimum Gasteiger partial charge on any atom is -0.461 e. The Labute approximate surface area is 98.2 Å². The van der Waals surface area contributed by atoms with Gasteiger partial charge in [0.2, 0.25) is 0 Å². The Morgan fingerprint density at radius 2 is 1.93 bits per heavy atom. The molecule has 90 valence electrons. The number of ether oxygens (including phenoxy) is 1. The van der Waals surface area contributed by atoms with Crippen LogP contribution in [-0.4, -0.2) is 18.1 Å². The normalized spacial score (nSPS) is 18.7. The third kappa shape index (κ3) is 5.38. The predicted octanol–water partition coefficient (Wildman–Crippen LogP) is 2.27. The lowest BCUT2D eigenvalue weighted by Gasteiger charge is -2.16. The van der Waals surface area contributed by atoms with Crippen molar-refractivity contribution < 1.29 is 9.53 Å². The largest absolute Gasteiger partial charge is 0.461 e. The maximum absolute atomic E-state index is 11.5. The fraction of sp³-hybridized carbons (Fsp3) is 0.909. The van der Waals surface area contributed by atoms with Crippen molar-refractivity contribution in [3.63, 3.8) is 0 Å². The topological polar surface area (TPSA) is 52.3 Å². The molecule has 0 saturated heterocycles. The number of nitrogens with two attached hydrogens (primary N) is 1. The van der Waals surface area contributed by atoms with Crippen LogP contribution in [0.25, 0.3) is 0 Å². The molecule has 1 aliphatic rings. The minimum absolute atomic E-state index is 0. The molecule has 2 N–H and O–H groups in total. The molecule has 4 heteroatoms. The fourth-order valence-corrected chi connectivity index (χ4v) is 1.86. The Hall–Kier alpha value is -0.280. The summed E-state index contributed by atoms with van der Waals surface area (Å²) in [5.41, 5.74) is 5.72. The molecule has 1 unspecified atom stereocenters. The van der Waals surface area contributed by atoms with E-state index < -0.39 is 6.04 Å². The number of carbonyl (C=O) groups is 1. The second kappa shape index (κ2) is 7.07. The van der Waals surface area contributed by atoms with Crippen LogP contribution in [0.3, 0.4) is 0 Å². The van der Waals surface area contributed by atoms with Crippen LogP contribution in [0.15, 0.2) is 0 Å². The Kier molecular flexibility index (Phi) is 6.94. The van der Waals surface area contributed by atoms with Crippen LogP contribution in [-0.2, 0) is 9.53 Å². The van der Waals surface area contributed by atoms with E-state index in [0.29, 0.717) is 12.3 Å². The summed E-state index contributed by atoms with van der Waals surface area (Å²) >= 11 is 0. The molecule has 0 radical (unpaired) electrons. The maximum Gasteiger partial charge on any atom is 0.323 e. The van der Waals surface area contributed by atoms with Crippen molar-refractivity contribution in [1.82, 2.24) is 0 Å². The van der Waals surface area contributed by atoms with Gasteiger partial charge in [0.25, 0.3) is 0 Å². The summed E-state index contributed by atoms with van der Waals surface area (Å²) < 4.78 is 5.31. The molecular weight excluding hydrogens is 214 g/mol. The lowest BCUT2D eigenvalue weighted by atomic mass is 10.0. The molecule has 1 rings (SSSR count). The minimum atomic E-state index is -0.435. The average molecular weight is 236 g/mol. The highest BCUT2D eigenvalue weighted by Gasteiger charge is 2.23. The van der Waals surface area contributed by atoms with Gasteiger partial charge >= 0.3 is 5.97 Å². The van der Waals surface area contributed by atoms with Crippen LogP contribution in [0.4, 0.5) is 0 Å². The first-order valence-electron chi connectivity index (χ1n) is 5.55. The summed E-state index contributed by atoms with van der Waals surface area (Å²) in [6.45, 7) is 4.12. The Balaban J connectivity index is 0.00000196. The smallest absolute Gasteiger partial charge is 0.323 e. The zero-order valence-electron chi connectivity index (χ0n) is 9.57. The van der Waals surface area contributed by atoms with Crippen LogP contribution < -0.4 is 5.73 Å². The molecular formula is C11H22ClNO2. The summed E-state index contributed by atoms with van der Waals surface area (Å²) in [6, 6.07) is -0.435. The van der Waals surface area contributed by atoms with Crippen molar-refractivity contribution in [2.45, 2.75) is 58.1 Å². The summed E-state index contributed by atoms with van der Waals surface area (Å²) in [5, 5.41) is 0. The van der Waals surface area contributed by atoms with Crippen molar-refractivity contribution >= 4 is 18.4 Å². The third-order valence-corrected chi connectivity index (χ3v) is 2.61. The van der Waals surface area contributed by atoms with E-state index in [2.05, 4.69) is 13.8 Å². The molecule has 0 amide bonds. The molecule has 15 heavy (non-hydrogen) atoms. The van der Waals surface area contributed by atoms with Gasteiger partial charge in [0.15, 0.2) is 0 Å².